The van der Waals surface area contributed by atoms with E-state index >= 15 is 0 Å². The summed E-state index contributed by atoms with van der Waals surface area (Å²) in [6, 6.07) is -0.0129. The average Bonchev–Trinajstić information content (AvgIpc) is 1.85. The van der Waals surface area contributed by atoms with Gasteiger partial charge in [0.05, 0.1) is 6.61 Å². The first kappa shape index (κ1) is 9.19. The second-order valence-corrected chi connectivity index (χ2v) is 1.93. The number of ether oxygens (including phenoxy) is 1. The van der Waals surface area contributed by atoms with Crippen molar-refractivity contribution in [3.05, 3.63) is 0 Å². The van der Waals surface area contributed by atoms with Crippen LogP contribution in [0.25, 0.3) is 0 Å². The number of carboxylic acid groups (broad SMARTS) is 1. The van der Waals surface area contributed by atoms with Crippen LogP contribution in [0.2, 0.25) is 0 Å². The van der Waals surface area contributed by atoms with Gasteiger partial charge in [-0.25, -0.2) is 10.2 Å². The Labute approximate surface area is 59.3 Å². The van der Waals surface area contributed by atoms with Gasteiger partial charge in [0, 0.05) is 13.2 Å². The molecule has 0 heterocycles. The Morgan fingerprint density at radius 2 is 2.40 bits per heavy atom. The number of methoxy groups -OCH3 is 1. The Kier molecular flexibility index (Phi) is 4.61. The second kappa shape index (κ2) is 5.01. The molecule has 60 valence electrons. The molecule has 5 heteroatoms. The summed E-state index contributed by atoms with van der Waals surface area (Å²) >= 11 is 0. The van der Waals surface area contributed by atoms with Crippen molar-refractivity contribution in [2.24, 2.45) is 0 Å². The molecule has 0 fully saturated rings. The molecule has 0 aliphatic heterocycles. The van der Waals surface area contributed by atoms with Crippen LogP contribution in [0.4, 0.5) is 4.79 Å². The molecule has 5 nitrogen and oxygen atoms in total. The summed E-state index contributed by atoms with van der Waals surface area (Å²) in [5.74, 6) is 0. The molecule has 1 unspecified atom stereocenters. The summed E-state index contributed by atoms with van der Waals surface area (Å²) in [6.45, 7) is 2.28. The van der Waals surface area contributed by atoms with E-state index in [0.717, 1.165) is 0 Å². The van der Waals surface area contributed by atoms with E-state index in [1.807, 2.05) is 5.43 Å². The Bertz CT molecular complexity index is 107. The number of amides is 1. The molecule has 10 heavy (non-hydrogen) atoms. The zero-order valence-corrected chi connectivity index (χ0v) is 6.05. The lowest BCUT2D eigenvalue weighted by Gasteiger charge is -2.10. The highest BCUT2D eigenvalue weighted by molar-refractivity contribution is 5.63. The van der Waals surface area contributed by atoms with Gasteiger partial charge in [-0.1, -0.05) is 0 Å². The van der Waals surface area contributed by atoms with Gasteiger partial charge in [0.1, 0.15) is 0 Å². The second-order valence-electron chi connectivity index (χ2n) is 1.93. The van der Waals surface area contributed by atoms with Crippen molar-refractivity contribution < 1.29 is 14.6 Å². The summed E-state index contributed by atoms with van der Waals surface area (Å²) < 4.78 is 4.74. The lowest BCUT2D eigenvalue weighted by molar-refractivity contribution is 0.156. The van der Waals surface area contributed by atoms with Crippen LogP contribution in [0.3, 0.4) is 0 Å². The zero-order valence-electron chi connectivity index (χ0n) is 6.05. The molecule has 0 bridgehead atoms. The molecule has 0 aliphatic rings. The van der Waals surface area contributed by atoms with Gasteiger partial charge in [0.25, 0.3) is 0 Å². The first-order valence-electron chi connectivity index (χ1n) is 2.90. The summed E-state index contributed by atoms with van der Waals surface area (Å²) in [5, 5.41) is 8.12. The van der Waals surface area contributed by atoms with E-state index in [0.29, 0.717) is 6.61 Å². The lowest BCUT2D eigenvalue weighted by Crippen LogP contribution is -2.44. The van der Waals surface area contributed by atoms with Gasteiger partial charge in [-0.05, 0) is 6.92 Å². The molecule has 0 saturated carbocycles. The molecule has 3 N–H and O–H groups in total. The van der Waals surface area contributed by atoms with E-state index < -0.39 is 6.09 Å². The maximum absolute atomic E-state index is 9.89. The lowest BCUT2D eigenvalue weighted by atomic mass is 10.4. The van der Waals surface area contributed by atoms with Gasteiger partial charge >= 0.3 is 6.09 Å². The van der Waals surface area contributed by atoms with E-state index in [1.165, 1.54) is 0 Å². The molecule has 0 aromatic carbocycles. The fourth-order valence-corrected chi connectivity index (χ4v) is 0.477. The average molecular weight is 148 g/mol. The monoisotopic (exact) mass is 148 g/mol. The number of hydrazine groups is 1. The van der Waals surface area contributed by atoms with Crippen molar-refractivity contribution in [2.75, 3.05) is 13.7 Å². The molecule has 0 aromatic rings. The van der Waals surface area contributed by atoms with Gasteiger partial charge in [-0.2, -0.15) is 0 Å². The molecular formula is C5H12N2O3. The van der Waals surface area contributed by atoms with Gasteiger partial charge in [-0.3, -0.25) is 5.43 Å². The molecule has 0 radical (unpaired) electrons. The zero-order chi connectivity index (χ0) is 7.98. The van der Waals surface area contributed by atoms with Gasteiger partial charge in [0.15, 0.2) is 0 Å². The summed E-state index contributed by atoms with van der Waals surface area (Å²) in [7, 11) is 1.55. The molecule has 0 rings (SSSR count). The third-order valence-electron chi connectivity index (χ3n) is 0.842. The SMILES string of the molecule is COCC(C)NNC(=O)O. The van der Waals surface area contributed by atoms with E-state index in [-0.39, 0.29) is 6.04 Å². The predicted molar refractivity (Wildman–Crippen MR) is 35.6 cm³/mol. The van der Waals surface area contributed by atoms with Crippen molar-refractivity contribution >= 4 is 6.09 Å². The Morgan fingerprint density at radius 3 is 2.80 bits per heavy atom. The number of nitrogens with one attached hydrogen (secondary N) is 2. The van der Waals surface area contributed by atoms with Crippen molar-refractivity contribution in [2.45, 2.75) is 13.0 Å². The number of hydrogen-bond acceptors (Lipinski definition) is 3. The fourth-order valence-electron chi connectivity index (χ4n) is 0.477. The minimum absolute atomic E-state index is 0.0129. The highest BCUT2D eigenvalue weighted by Gasteiger charge is 1.99. The first-order valence-corrected chi connectivity index (χ1v) is 2.90. The highest BCUT2D eigenvalue weighted by atomic mass is 16.5. The smallest absolute Gasteiger partial charge is 0.419 e. The predicted octanol–water partition coefficient (Wildman–Crippen LogP) is -0.207. The molecule has 1 atom stereocenters. The van der Waals surface area contributed by atoms with Crippen LogP contribution >= 0.6 is 0 Å². The maximum Gasteiger partial charge on any atom is 0.419 e. The third-order valence-corrected chi connectivity index (χ3v) is 0.842. The van der Waals surface area contributed by atoms with Crippen molar-refractivity contribution in [3.63, 3.8) is 0 Å². The van der Waals surface area contributed by atoms with Crippen LogP contribution in [0.1, 0.15) is 6.92 Å². The van der Waals surface area contributed by atoms with Gasteiger partial charge in [-0.15, -0.1) is 0 Å². The summed E-state index contributed by atoms with van der Waals surface area (Å²) in [6.07, 6.45) is -1.09. The Morgan fingerprint density at radius 1 is 1.80 bits per heavy atom. The summed E-state index contributed by atoms with van der Waals surface area (Å²) in [5.41, 5.74) is 4.53. The Hall–Kier alpha value is -0.810. The minimum Gasteiger partial charge on any atom is -0.464 e. The first-order chi connectivity index (χ1) is 4.66. The van der Waals surface area contributed by atoms with E-state index in [9.17, 15) is 4.79 Å². The van der Waals surface area contributed by atoms with E-state index in [1.54, 1.807) is 14.0 Å². The van der Waals surface area contributed by atoms with E-state index in [2.05, 4.69) is 5.43 Å². The van der Waals surface area contributed by atoms with Crippen LogP contribution in [0.15, 0.2) is 0 Å². The van der Waals surface area contributed by atoms with Crippen LogP contribution in [-0.4, -0.2) is 31.0 Å². The fraction of sp³-hybridized carbons (Fsp3) is 0.800. The molecular weight excluding hydrogens is 136 g/mol. The Balaban J connectivity index is 3.21. The largest absolute Gasteiger partial charge is 0.464 e. The van der Waals surface area contributed by atoms with Gasteiger partial charge in [0.2, 0.25) is 0 Å². The molecule has 0 saturated heterocycles. The number of hydrogen-bond donors (Lipinski definition) is 3. The highest BCUT2D eigenvalue weighted by Crippen LogP contribution is 1.77. The summed E-state index contributed by atoms with van der Waals surface area (Å²) in [4.78, 5) is 9.89. The third kappa shape index (κ3) is 5.33. The van der Waals surface area contributed by atoms with Crippen LogP contribution in [0, 0.1) is 0 Å². The number of carbonyl (C=O) groups is 1. The maximum atomic E-state index is 9.89. The molecule has 1 amide bonds. The molecule has 0 aliphatic carbocycles. The molecule has 0 aromatic heterocycles. The standard InChI is InChI=1S/C5H12N2O3/c1-4(3-10-2)6-7-5(8)9/h4,6-7H,3H2,1-2H3,(H,8,9). The van der Waals surface area contributed by atoms with Gasteiger partial charge < -0.3 is 9.84 Å². The van der Waals surface area contributed by atoms with Crippen LogP contribution < -0.4 is 10.9 Å². The van der Waals surface area contributed by atoms with Crippen LogP contribution in [-0.2, 0) is 4.74 Å². The van der Waals surface area contributed by atoms with Crippen molar-refractivity contribution in [3.8, 4) is 0 Å². The topological polar surface area (TPSA) is 70.6 Å². The van der Waals surface area contributed by atoms with Crippen molar-refractivity contribution in [1.29, 1.82) is 0 Å². The normalized spacial score (nSPS) is 12.6. The van der Waals surface area contributed by atoms with Crippen LogP contribution in [0.5, 0.6) is 0 Å². The van der Waals surface area contributed by atoms with E-state index in [4.69, 9.17) is 9.84 Å². The minimum atomic E-state index is -1.09. The number of rotatable bonds is 4. The quantitative estimate of drug-likeness (QED) is 0.482. The van der Waals surface area contributed by atoms with Crippen molar-refractivity contribution in [1.82, 2.24) is 10.9 Å². The molecule has 0 spiro atoms.